The number of hydrogen-bond donors (Lipinski definition) is 2. The first-order valence-electron chi connectivity index (χ1n) is 12.6. The highest BCUT2D eigenvalue weighted by Gasteiger charge is 2.27. The number of nitrogens with zero attached hydrogens (tertiary/aromatic N) is 2. The van der Waals surface area contributed by atoms with Crippen LogP contribution < -0.4 is 15.4 Å². The van der Waals surface area contributed by atoms with Gasteiger partial charge in [0, 0.05) is 29.8 Å². The van der Waals surface area contributed by atoms with Crippen molar-refractivity contribution in [1.82, 2.24) is 14.7 Å². The van der Waals surface area contributed by atoms with Gasteiger partial charge in [-0.15, -0.1) is 0 Å². The van der Waals surface area contributed by atoms with E-state index in [2.05, 4.69) is 15.6 Å². The number of aryl methyl sites for hydroxylation is 3. The van der Waals surface area contributed by atoms with Crippen molar-refractivity contribution in [2.45, 2.75) is 52.3 Å². The van der Waals surface area contributed by atoms with E-state index in [1.54, 1.807) is 28.9 Å². The lowest BCUT2D eigenvalue weighted by Crippen LogP contribution is -2.26. The largest absolute Gasteiger partial charge is 0.455 e. The quantitative estimate of drug-likeness (QED) is 0.262. The average Bonchev–Trinajstić information content (AvgIpc) is 3.55. The molecule has 0 radical (unpaired) electrons. The van der Waals surface area contributed by atoms with Crippen LogP contribution in [0, 0.1) is 20.8 Å². The number of fused-ring (bicyclic) bond motifs is 1. The predicted octanol–water partition coefficient (Wildman–Crippen LogP) is 6.98. The zero-order chi connectivity index (χ0) is 27.0. The van der Waals surface area contributed by atoms with E-state index in [9.17, 15) is 18.0 Å². The van der Waals surface area contributed by atoms with Gasteiger partial charge in [-0.25, -0.2) is 4.98 Å². The number of aromatic nitrogens is 2. The Morgan fingerprint density at radius 2 is 1.87 bits per heavy atom. The number of rotatable bonds is 8. The van der Waals surface area contributed by atoms with Crippen LogP contribution in [0.3, 0.4) is 0 Å². The van der Waals surface area contributed by atoms with E-state index in [0.717, 1.165) is 40.8 Å². The molecule has 2 aromatic carbocycles. The number of halogens is 3. The van der Waals surface area contributed by atoms with Crippen molar-refractivity contribution in [3.8, 4) is 22.8 Å². The van der Waals surface area contributed by atoms with Crippen LogP contribution in [0.25, 0.3) is 16.9 Å². The number of hydrogen-bond acceptors (Lipinski definition) is 4. The Kier molecular flexibility index (Phi) is 6.77. The number of alkyl halides is 3. The number of nitrogens with one attached hydrogen (secondary N) is 2. The number of amides is 1. The van der Waals surface area contributed by atoms with Crippen LogP contribution in [0.2, 0.25) is 0 Å². The smallest absolute Gasteiger partial charge is 0.390 e. The molecule has 9 heteroatoms. The molecule has 1 aliphatic carbocycles. The molecule has 1 fully saturated rings. The van der Waals surface area contributed by atoms with Crippen molar-refractivity contribution >= 4 is 17.2 Å². The molecule has 6 nitrogen and oxygen atoms in total. The van der Waals surface area contributed by atoms with Crippen LogP contribution in [0.4, 0.5) is 18.9 Å². The average molecular weight is 523 g/mol. The summed E-state index contributed by atoms with van der Waals surface area (Å²) in [5.74, 6) is 1.03. The molecule has 0 saturated heterocycles. The molecule has 5 rings (SSSR count). The molecular formula is C29H29F3N4O2. The molecule has 0 atom stereocenters. The monoisotopic (exact) mass is 522 g/mol. The van der Waals surface area contributed by atoms with E-state index in [-0.39, 0.29) is 18.5 Å². The fourth-order valence-corrected chi connectivity index (χ4v) is 4.31. The van der Waals surface area contributed by atoms with Crippen molar-refractivity contribution in [1.29, 1.82) is 0 Å². The fraction of sp³-hybridized carbons (Fsp3) is 0.310. The van der Waals surface area contributed by atoms with E-state index in [0.29, 0.717) is 28.4 Å². The second-order valence-corrected chi connectivity index (χ2v) is 9.87. The number of ether oxygens (including phenoxy) is 1. The number of anilines is 1. The van der Waals surface area contributed by atoms with Gasteiger partial charge >= 0.3 is 6.18 Å². The van der Waals surface area contributed by atoms with Gasteiger partial charge in [0.05, 0.1) is 30.2 Å². The van der Waals surface area contributed by atoms with Crippen molar-refractivity contribution < 1.29 is 22.7 Å². The third kappa shape index (κ3) is 5.77. The van der Waals surface area contributed by atoms with Gasteiger partial charge in [0.1, 0.15) is 11.5 Å². The number of pyridine rings is 1. The summed E-state index contributed by atoms with van der Waals surface area (Å²) in [6.07, 6.45) is 0.217. The maximum absolute atomic E-state index is 12.8. The first kappa shape index (κ1) is 25.6. The highest BCUT2D eigenvalue weighted by Crippen LogP contribution is 2.33. The third-order valence-electron chi connectivity index (χ3n) is 6.56. The zero-order valence-electron chi connectivity index (χ0n) is 21.4. The Bertz CT molecular complexity index is 1510. The molecule has 1 aliphatic rings. The summed E-state index contributed by atoms with van der Waals surface area (Å²) in [6.45, 7) is 5.48. The van der Waals surface area contributed by atoms with Gasteiger partial charge in [0.2, 0.25) is 0 Å². The van der Waals surface area contributed by atoms with Crippen LogP contribution in [-0.4, -0.2) is 34.1 Å². The maximum atomic E-state index is 12.8. The van der Waals surface area contributed by atoms with Gasteiger partial charge in [-0.3, -0.25) is 9.20 Å². The van der Waals surface area contributed by atoms with Crippen molar-refractivity contribution in [2.24, 2.45) is 0 Å². The standard InChI is InChI=1S/C29H29F3N4O2/c1-17-4-5-18(2)26(12-17)38-22-14-24(33-11-10-29(30,31)32)27-34-15-25(36(27)16-22)20-6-9-23(19(3)13-20)28(37)35-21-7-8-21/h4-6,9,12-16,21,33H,7-8,10-11H2,1-3H3,(H,35,37). The minimum atomic E-state index is -4.28. The summed E-state index contributed by atoms with van der Waals surface area (Å²) in [4.78, 5) is 17.1. The van der Waals surface area contributed by atoms with E-state index in [1.807, 2.05) is 51.1 Å². The zero-order valence-corrected chi connectivity index (χ0v) is 21.4. The fourth-order valence-electron chi connectivity index (χ4n) is 4.31. The highest BCUT2D eigenvalue weighted by molar-refractivity contribution is 5.96. The van der Waals surface area contributed by atoms with Gasteiger partial charge < -0.3 is 15.4 Å². The third-order valence-corrected chi connectivity index (χ3v) is 6.56. The SMILES string of the molecule is Cc1ccc(C)c(Oc2cc(NCCC(F)(F)F)c3ncc(-c4ccc(C(=O)NC5CC5)c(C)c4)n3c2)c1. The van der Waals surface area contributed by atoms with Gasteiger partial charge in [-0.05, 0) is 68.5 Å². The Morgan fingerprint density at radius 1 is 1.08 bits per heavy atom. The van der Waals surface area contributed by atoms with Crippen LogP contribution in [-0.2, 0) is 0 Å². The topological polar surface area (TPSA) is 67.7 Å². The van der Waals surface area contributed by atoms with Crippen LogP contribution in [0.5, 0.6) is 11.5 Å². The normalized spacial score (nSPS) is 13.5. The molecule has 38 heavy (non-hydrogen) atoms. The van der Waals surface area contributed by atoms with Crippen molar-refractivity contribution in [3.63, 3.8) is 0 Å². The maximum Gasteiger partial charge on any atom is 0.390 e. The minimum absolute atomic E-state index is 0.0879. The number of carbonyl (C=O) groups is 1. The molecule has 2 aromatic heterocycles. The molecular weight excluding hydrogens is 493 g/mol. The first-order chi connectivity index (χ1) is 18.1. The molecule has 2 heterocycles. The summed E-state index contributed by atoms with van der Waals surface area (Å²) < 4.78 is 46.5. The van der Waals surface area contributed by atoms with E-state index in [4.69, 9.17) is 4.74 Å². The molecule has 1 amide bonds. The van der Waals surface area contributed by atoms with Crippen LogP contribution >= 0.6 is 0 Å². The second kappa shape index (κ2) is 10.0. The van der Waals surface area contributed by atoms with E-state index >= 15 is 0 Å². The van der Waals surface area contributed by atoms with E-state index < -0.39 is 12.6 Å². The summed E-state index contributed by atoms with van der Waals surface area (Å²) in [5.41, 5.74) is 5.85. The number of imidazole rings is 1. The summed E-state index contributed by atoms with van der Waals surface area (Å²) in [5, 5.41) is 5.89. The molecule has 0 bridgehead atoms. The Balaban J connectivity index is 1.53. The lowest BCUT2D eigenvalue weighted by Gasteiger charge is -2.15. The summed E-state index contributed by atoms with van der Waals surface area (Å²) >= 11 is 0. The van der Waals surface area contributed by atoms with Gasteiger partial charge in [-0.2, -0.15) is 13.2 Å². The first-order valence-corrected chi connectivity index (χ1v) is 12.6. The lowest BCUT2D eigenvalue weighted by molar-refractivity contribution is -0.131. The summed E-state index contributed by atoms with van der Waals surface area (Å²) in [6, 6.07) is 13.4. The molecule has 1 saturated carbocycles. The predicted molar refractivity (Wildman–Crippen MR) is 141 cm³/mol. The molecule has 0 spiro atoms. The number of carbonyl (C=O) groups excluding carboxylic acids is 1. The lowest BCUT2D eigenvalue weighted by atomic mass is 10.0. The Labute approximate surface area is 218 Å². The molecule has 2 N–H and O–H groups in total. The van der Waals surface area contributed by atoms with Crippen molar-refractivity contribution in [3.05, 3.63) is 77.1 Å². The van der Waals surface area contributed by atoms with Gasteiger partial charge in [0.15, 0.2) is 5.65 Å². The molecule has 0 aliphatic heterocycles. The Morgan fingerprint density at radius 3 is 2.58 bits per heavy atom. The van der Waals surface area contributed by atoms with E-state index in [1.165, 1.54) is 0 Å². The number of benzene rings is 2. The van der Waals surface area contributed by atoms with Crippen LogP contribution in [0.15, 0.2) is 54.9 Å². The molecule has 4 aromatic rings. The minimum Gasteiger partial charge on any atom is -0.455 e. The van der Waals surface area contributed by atoms with Crippen LogP contribution in [0.1, 0.15) is 46.3 Å². The second-order valence-electron chi connectivity index (χ2n) is 9.87. The van der Waals surface area contributed by atoms with Crippen molar-refractivity contribution in [2.75, 3.05) is 11.9 Å². The molecule has 198 valence electrons. The summed E-state index contributed by atoms with van der Waals surface area (Å²) in [7, 11) is 0. The highest BCUT2D eigenvalue weighted by atomic mass is 19.4. The Hall–Kier alpha value is -4.01. The van der Waals surface area contributed by atoms with Gasteiger partial charge in [0.25, 0.3) is 5.91 Å². The van der Waals surface area contributed by atoms with Gasteiger partial charge in [-0.1, -0.05) is 18.2 Å². The molecule has 0 unspecified atom stereocenters.